The molecule has 0 radical (unpaired) electrons. The second kappa shape index (κ2) is 7.79. The van der Waals surface area contributed by atoms with Gasteiger partial charge in [-0.1, -0.05) is 42.1 Å². The Morgan fingerprint density at radius 3 is 2.56 bits per heavy atom. The highest BCUT2D eigenvalue weighted by atomic mass is 32.2. The highest BCUT2D eigenvalue weighted by Crippen LogP contribution is 2.25. The molecular formula is C19H20N4O3S. The van der Waals surface area contributed by atoms with Crippen LogP contribution in [0.15, 0.2) is 35.5 Å². The van der Waals surface area contributed by atoms with Gasteiger partial charge in [-0.25, -0.2) is 4.79 Å². The van der Waals surface area contributed by atoms with E-state index in [2.05, 4.69) is 15.2 Å². The lowest BCUT2D eigenvalue weighted by Crippen LogP contribution is -2.07. The Hall–Kier alpha value is -2.87. The molecule has 0 aliphatic heterocycles. The second-order valence-corrected chi connectivity index (χ2v) is 7.00. The highest BCUT2D eigenvalue weighted by molar-refractivity contribution is 7.99. The van der Waals surface area contributed by atoms with E-state index in [0.717, 1.165) is 11.4 Å². The van der Waals surface area contributed by atoms with Crippen LogP contribution < -0.4 is 0 Å². The topological polar surface area (TPSA) is 89.9 Å². The molecule has 140 valence electrons. The number of thioether (sulfide) groups is 1. The van der Waals surface area contributed by atoms with Gasteiger partial charge in [-0.05, 0) is 19.4 Å². The van der Waals surface area contributed by atoms with Crippen LogP contribution in [0, 0.1) is 13.8 Å². The van der Waals surface area contributed by atoms with E-state index in [9.17, 15) is 9.59 Å². The second-order valence-electron chi connectivity index (χ2n) is 6.06. The normalized spacial score (nSPS) is 10.8. The molecule has 2 heterocycles. The van der Waals surface area contributed by atoms with Gasteiger partial charge in [0.2, 0.25) is 0 Å². The van der Waals surface area contributed by atoms with Gasteiger partial charge in [-0.15, -0.1) is 10.2 Å². The first-order valence-corrected chi connectivity index (χ1v) is 9.30. The van der Waals surface area contributed by atoms with E-state index in [4.69, 9.17) is 4.74 Å². The Morgan fingerprint density at radius 1 is 1.19 bits per heavy atom. The minimum absolute atomic E-state index is 0.111. The van der Waals surface area contributed by atoms with Crippen LogP contribution in [0.1, 0.15) is 32.1 Å². The molecule has 0 saturated carbocycles. The predicted molar refractivity (Wildman–Crippen MR) is 103 cm³/mol. The molecule has 0 aliphatic carbocycles. The van der Waals surface area contributed by atoms with Crippen molar-refractivity contribution in [3.8, 4) is 11.4 Å². The van der Waals surface area contributed by atoms with Crippen molar-refractivity contribution in [1.29, 1.82) is 0 Å². The van der Waals surface area contributed by atoms with E-state index in [0.29, 0.717) is 27.7 Å². The number of nitrogens with zero attached hydrogens (tertiary/aromatic N) is 3. The average Bonchev–Trinajstić information content (AvgIpc) is 3.19. The number of esters is 1. The standard InChI is InChI=1S/C19H20N4O3S/c1-11-15(18(25)26-4)12(2)20-16(11)14(24)10-27-19-22-21-17(23(19)3)13-8-6-5-7-9-13/h5-9,20H,10H2,1-4H3. The van der Waals surface area contributed by atoms with Crippen molar-refractivity contribution in [3.63, 3.8) is 0 Å². The number of rotatable bonds is 6. The number of ketones is 1. The number of H-pyrrole nitrogens is 1. The lowest BCUT2D eigenvalue weighted by molar-refractivity contribution is 0.0599. The van der Waals surface area contributed by atoms with Crippen LogP contribution in [0.4, 0.5) is 0 Å². The van der Waals surface area contributed by atoms with Crippen LogP contribution in [0.5, 0.6) is 0 Å². The number of hydrogen-bond acceptors (Lipinski definition) is 6. The van der Waals surface area contributed by atoms with Gasteiger partial charge in [0, 0.05) is 18.3 Å². The van der Waals surface area contributed by atoms with Gasteiger partial charge in [-0.2, -0.15) is 0 Å². The summed E-state index contributed by atoms with van der Waals surface area (Å²) < 4.78 is 6.64. The van der Waals surface area contributed by atoms with Crippen LogP contribution >= 0.6 is 11.8 Å². The third-order valence-electron chi connectivity index (χ3n) is 4.31. The molecule has 2 aromatic heterocycles. The molecule has 0 amide bonds. The van der Waals surface area contributed by atoms with Crippen molar-refractivity contribution in [3.05, 3.63) is 52.8 Å². The van der Waals surface area contributed by atoms with E-state index < -0.39 is 5.97 Å². The smallest absolute Gasteiger partial charge is 0.339 e. The van der Waals surface area contributed by atoms with E-state index in [-0.39, 0.29) is 11.5 Å². The average molecular weight is 384 g/mol. The Kier molecular flexibility index (Phi) is 5.46. The predicted octanol–water partition coefficient (Wildman–Crippen LogP) is 3.19. The van der Waals surface area contributed by atoms with E-state index in [1.807, 2.05) is 41.9 Å². The van der Waals surface area contributed by atoms with Gasteiger partial charge >= 0.3 is 5.97 Å². The molecule has 7 nitrogen and oxygen atoms in total. The molecule has 1 N–H and O–H groups in total. The Bertz CT molecular complexity index is 992. The maximum Gasteiger partial charge on any atom is 0.339 e. The lowest BCUT2D eigenvalue weighted by atomic mass is 10.1. The zero-order valence-corrected chi connectivity index (χ0v) is 16.4. The first-order valence-electron chi connectivity index (χ1n) is 8.32. The number of hydrogen-bond donors (Lipinski definition) is 1. The van der Waals surface area contributed by atoms with E-state index >= 15 is 0 Å². The van der Waals surface area contributed by atoms with Gasteiger partial charge in [-0.3, -0.25) is 4.79 Å². The fourth-order valence-electron chi connectivity index (χ4n) is 2.92. The highest BCUT2D eigenvalue weighted by Gasteiger charge is 2.23. The number of methoxy groups -OCH3 is 1. The zero-order valence-electron chi connectivity index (χ0n) is 15.6. The summed E-state index contributed by atoms with van der Waals surface area (Å²) in [5.41, 5.74) is 3.02. The number of Topliss-reactive ketones (excluding diaryl/α,β-unsaturated/α-hetero) is 1. The lowest BCUT2D eigenvalue weighted by Gasteiger charge is -2.04. The van der Waals surface area contributed by atoms with E-state index in [1.165, 1.54) is 18.9 Å². The number of benzene rings is 1. The first kappa shape index (κ1) is 18.9. The van der Waals surface area contributed by atoms with Gasteiger partial charge in [0.25, 0.3) is 0 Å². The summed E-state index contributed by atoms with van der Waals surface area (Å²) in [7, 11) is 3.19. The Labute approximate surface area is 161 Å². The number of nitrogens with one attached hydrogen (secondary N) is 1. The van der Waals surface area contributed by atoms with Crippen LogP contribution in [-0.4, -0.2) is 44.4 Å². The van der Waals surface area contributed by atoms with E-state index in [1.54, 1.807) is 13.8 Å². The molecular weight excluding hydrogens is 364 g/mol. The summed E-state index contributed by atoms with van der Waals surface area (Å²) in [4.78, 5) is 27.5. The molecule has 0 saturated heterocycles. The fraction of sp³-hybridized carbons (Fsp3) is 0.263. The largest absolute Gasteiger partial charge is 0.465 e. The van der Waals surface area contributed by atoms with Gasteiger partial charge in [0.1, 0.15) is 0 Å². The van der Waals surface area contributed by atoms with Crippen molar-refractivity contribution in [2.24, 2.45) is 7.05 Å². The van der Waals surface area contributed by atoms with Crippen LogP contribution in [0.3, 0.4) is 0 Å². The SMILES string of the molecule is COC(=O)c1c(C)[nH]c(C(=O)CSc2nnc(-c3ccccc3)n2C)c1C. The maximum atomic E-state index is 12.6. The molecule has 0 atom stereocenters. The summed E-state index contributed by atoms with van der Waals surface area (Å²) in [6.45, 7) is 3.49. The van der Waals surface area contributed by atoms with Gasteiger partial charge in [0.15, 0.2) is 16.8 Å². The molecule has 0 unspecified atom stereocenters. The minimum Gasteiger partial charge on any atom is -0.465 e. The maximum absolute atomic E-state index is 12.6. The Balaban J connectivity index is 1.76. The molecule has 27 heavy (non-hydrogen) atoms. The summed E-state index contributed by atoms with van der Waals surface area (Å²) in [6, 6.07) is 9.74. The monoisotopic (exact) mass is 384 g/mol. The van der Waals surface area contributed by atoms with Crippen molar-refractivity contribution in [1.82, 2.24) is 19.7 Å². The van der Waals surface area contributed by atoms with Crippen LogP contribution in [-0.2, 0) is 11.8 Å². The minimum atomic E-state index is -0.450. The van der Waals surface area contributed by atoms with Gasteiger partial charge < -0.3 is 14.3 Å². The number of aromatic amines is 1. The number of carbonyl (C=O) groups is 2. The molecule has 1 aromatic carbocycles. The fourth-order valence-corrected chi connectivity index (χ4v) is 3.70. The van der Waals surface area contributed by atoms with Crippen molar-refractivity contribution >= 4 is 23.5 Å². The molecule has 3 rings (SSSR count). The molecule has 0 fully saturated rings. The molecule has 0 bridgehead atoms. The molecule has 3 aromatic rings. The Morgan fingerprint density at radius 2 is 1.89 bits per heavy atom. The van der Waals surface area contributed by atoms with Crippen molar-refractivity contribution < 1.29 is 14.3 Å². The zero-order chi connectivity index (χ0) is 19.6. The number of ether oxygens (including phenoxy) is 1. The summed E-state index contributed by atoms with van der Waals surface area (Å²) in [5, 5.41) is 9.05. The van der Waals surface area contributed by atoms with Gasteiger partial charge in [0.05, 0.1) is 24.1 Å². The number of aromatic nitrogens is 4. The molecule has 8 heteroatoms. The number of aryl methyl sites for hydroxylation is 1. The molecule has 0 spiro atoms. The summed E-state index contributed by atoms with van der Waals surface area (Å²) in [6.07, 6.45) is 0. The summed E-state index contributed by atoms with van der Waals surface area (Å²) >= 11 is 1.31. The summed E-state index contributed by atoms with van der Waals surface area (Å²) in [5.74, 6) is 0.363. The third kappa shape index (κ3) is 3.66. The molecule has 0 aliphatic rings. The van der Waals surface area contributed by atoms with Crippen LogP contribution in [0.2, 0.25) is 0 Å². The quantitative estimate of drug-likeness (QED) is 0.399. The van der Waals surface area contributed by atoms with Crippen LogP contribution in [0.25, 0.3) is 11.4 Å². The van der Waals surface area contributed by atoms with Crippen molar-refractivity contribution in [2.75, 3.05) is 12.9 Å². The first-order chi connectivity index (χ1) is 12.9. The third-order valence-corrected chi connectivity index (χ3v) is 5.33. The number of carbonyl (C=O) groups excluding carboxylic acids is 2. The van der Waals surface area contributed by atoms with Crippen molar-refractivity contribution in [2.45, 2.75) is 19.0 Å².